The maximum Gasteiger partial charge on any atom is 0.255 e. The minimum absolute atomic E-state index is 0.00995. The van der Waals surface area contributed by atoms with Crippen LogP contribution in [0, 0.1) is 0 Å². The van der Waals surface area contributed by atoms with Gasteiger partial charge >= 0.3 is 0 Å². The van der Waals surface area contributed by atoms with Crippen LogP contribution in [0.25, 0.3) is 0 Å². The van der Waals surface area contributed by atoms with E-state index in [0.717, 1.165) is 25.8 Å². The van der Waals surface area contributed by atoms with E-state index in [0.29, 0.717) is 5.75 Å². The molecule has 1 saturated heterocycles. The third kappa shape index (κ3) is 4.08. The molecule has 2 rings (SSSR count). The third-order valence-corrected chi connectivity index (χ3v) is 6.23. The number of benzene rings is 1. The van der Waals surface area contributed by atoms with E-state index in [1.807, 2.05) is 6.92 Å². The predicted molar refractivity (Wildman–Crippen MR) is 93.3 cm³/mol. The van der Waals surface area contributed by atoms with Crippen molar-refractivity contribution in [2.75, 3.05) is 19.4 Å². The van der Waals surface area contributed by atoms with E-state index in [1.54, 1.807) is 6.92 Å². The summed E-state index contributed by atoms with van der Waals surface area (Å²) in [7, 11) is -1.91. The van der Waals surface area contributed by atoms with E-state index in [9.17, 15) is 13.2 Å². The third-order valence-electron chi connectivity index (χ3n) is 4.50. The molecule has 1 amide bonds. The molecule has 1 fully saturated rings. The molecule has 1 aromatic carbocycles. The van der Waals surface area contributed by atoms with Crippen LogP contribution in [0.5, 0.6) is 5.75 Å². The molecule has 7 heteroatoms. The lowest BCUT2D eigenvalue weighted by Crippen LogP contribution is -2.47. The van der Waals surface area contributed by atoms with E-state index >= 15 is 0 Å². The molecule has 24 heavy (non-hydrogen) atoms. The largest absolute Gasteiger partial charge is 0.496 e. The first kappa shape index (κ1) is 18.7. The summed E-state index contributed by atoms with van der Waals surface area (Å²) < 4.78 is 29.4. The summed E-state index contributed by atoms with van der Waals surface area (Å²) in [5.74, 6) is 0.0570. The Balaban J connectivity index is 2.27. The van der Waals surface area contributed by atoms with Crippen LogP contribution in [0.15, 0.2) is 23.1 Å². The van der Waals surface area contributed by atoms with Crippen molar-refractivity contribution in [3.8, 4) is 5.75 Å². The van der Waals surface area contributed by atoms with Crippen LogP contribution in [0.3, 0.4) is 0 Å². The molecular weight excluding hydrogens is 328 g/mol. The molecule has 1 aliphatic heterocycles. The number of carbonyl (C=O) groups is 1. The molecule has 1 heterocycles. The van der Waals surface area contributed by atoms with Gasteiger partial charge in [-0.3, -0.25) is 4.79 Å². The second kappa shape index (κ2) is 7.98. The van der Waals surface area contributed by atoms with Crippen molar-refractivity contribution in [1.82, 2.24) is 10.6 Å². The summed E-state index contributed by atoms with van der Waals surface area (Å²) in [6.07, 6.45) is 2.93. The van der Waals surface area contributed by atoms with Gasteiger partial charge in [0.25, 0.3) is 5.91 Å². The quantitative estimate of drug-likeness (QED) is 0.779. The van der Waals surface area contributed by atoms with Crippen molar-refractivity contribution < 1.29 is 17.9 Å². The van der Waals surface area contributed by atoms with Crippen molar-refractivity contribution in [1.29, 1.82) is 0 Å². The van der Waals surface area contributed by atoms with Gasteiger partial charge in [0.1, 0.15) is 5.75 Å². The second-order valence-electron chi connectivity index (χ2n) is 5.96. The van der Waals surface area contributed by atoms with Crippen LogP contribution >= 0.6 is 0 Å². The van der Waals surface area contributed by atoms with Crippen LogP contribution in [0.2, 0.25) is 0 Å². The summed E-state index contributed by atoms with van der Waals surface area (Å²) in [4.78, 5) is 12.8. The van der Waals surface area contributed by atoms with Crippen molar-refractivity contribution in [3.05, 3.63) is 23.8 Å². The molecule has 2 unspecified atom stereocenters. The number of hydrogen-bond acceptors (Lipinski definition) is 5. The summed E-state index contributed by atoms with van der Waals surface area (Å²) >= 11 is 0. The van der Waals surface area contributed by atoms with Gasteiger partial charge in [-0.1, -0.05) is 13.8 Å². The monoisotopic (exact) mass is 354 g/mol. The number of methoxy groups -OCH3 is 1. The van der Waals surface area contributed by atoms with Gasteiger partial charge in [-0.15, -0.1) is 0 Å². The number of carbonyl (C=O) groups excluding carboxylic acids is 1. The highest BCUT2D eigenvalue weighted by molar-refractivity contribution is 7.91. The highest BCUT2D eigenvalue weighted by Gasteiger charge is 2.26. The van der Waals surface area contributed by atoms with E-state index in [-0.39, 0.29) is 34.2 Å². The van der Waals surface area contributed by atoms with E-state index in [1.165, 1.54) is 25.3 Å². The average Bonchev–Trinajstić information content (AvgIpc) is 3.13. The van der Waals surface area contributed by atoms with E-state index in [4.69, 9.17) is 4.74 Å². The van der Waals surface area contributed by atoms with Gasteiger partial charge < -0.3 is 15.4 Å². The normalized spacial score (nSPS) is 19.0. The maximum absolute atomic E-state index is 12.7. The number of hydrogen-bond donors (Lipinski definition) is 2. The summed E-state index contributed by atoms with van der Waals surface area (Å²) in [5, 5.41) is 6.42. The maximum atomic E-state index is 12.7. The molecule has 2 N–H and O–H groups in total. The van der Waals surface area contributed by atoms with Gasteiger partial charge in [-0.25, -0.2) is 8.42 Å². The number of amides is 1. The Labute approximate surface area is 143 Å². The molecule has 6 nitrogen and oxygen atoms in total. The molecule has 0 saturated carbocycles. The Morgan fingerprint density at radius 3 is 2.71 bits per heavy atom. The lowest BCUT2D eigenvalue weighted by molar-refractivity contribution is 0.0924. The van der Waals surface area contributed by atoms with Gasteiger partial charge in [-0.05, 0) is 44.0 Å². The summed E-state index contributed by atoms with van der Waals surface area (Å²) in [5.41, 5.74) is 0.253. The predicted octanol–water partition coefficient (Wildman–Crippen LogP) is 1.75. The van der Waals surface area contributed by atoms with Crippen LogP contribution in [0.1, 0.15) is 43.5 Å². The Morgan fingerprint density at radius 1 is 1.42 bits per heavy atom. The minimum Gasteiger partial charge on any atom is -0.496 e. The fourth-order valence-corrected chi connectivity index (χ4v) is 3.92. The van der Waals surface area contributed by atoms with Crippen molar-refractivity contribution in [3.63, 3.8) is 0 Å². The molecule has 0 aliphatic carbocycles. The first-order valence-corrected chi connectivity index (χ1v) is 10.0. The Kier molecular flexibility index (Phi) is 6.23. The topological polar surface area (TPSA) is 84.5 Å². The fourth-order valence-electron chi connectivity index (χ4n) is 3.01. The van der Waals surface area contributed by atoms with Crippen LogP contribution in [-0.2, 0) is 9.84 Å². The van der Waals surface area contributed by atoms with Crippen LogP contribution < -0.4 is 15.4 Å². The van der Waals surface area contributed by atoms with Crippen molar-refractivity contribution in [2.24, 2.45) is 0 Å². The van der Waals surface area contributed by atoms with Gasteiger partial charge in [0.2, 0.25) is 0 Å². The van der Waals surface area contributed by atoms with Crippen LogP contribution in [-0.4, -0.2) is 45.8 Å². The fraction of sp³-hybridized carbons (Fsp3) is 0.588. The Bertz CT molecular complexity index is 682. The molecule has 134 valence electrons. The zero-order valence-electron chi connectivity index (χ0n) is 14.5. The highest BCUT2D eigenvalue weighted by Crippen LogP contribution is 2.24. The van der Waals surface area contributed by atoms with Crippen molar-refractivity contribution in [2.45, 2.75) is 50.1 Å². The molecule has 0 spiro atoms. The number of ether oxygens (including phenoxy) is 1. The van der Waals surface area contributed by atoms with Gasteiger partial charge in [0.15, 0.2) is 9.84 Å². The second-order valence-corrected chi connectivity index (χ2v) is 8.23. The molecule has 2 atom stereocenters. The SMILES string of the molecule is CCC(NC(=O)c1cc(S(=O)(=O)CC)ccc1OC)C1CCCN1. The lowest BCUT2D eigenvalue weighted by atomic mass is 10.0. The zero-order chi connectivity index (χ0) is 17.7. The molecular formula is C17H26N2O4S. The minimum atomic E-state index is -3.38. The molecule has 0 aromatic heterocycles. The number of rotatable bonds is 7. The first-order valence-electron chi connectivity index (χ1n) is 8.38. The number of sulfone groups is 1. The van der Waals surface area contributed by atoms with Gasteiger partial charge in [0.05, 0.1) is 23.3 Å². The van der Waals surface area contributed by atoms with Crippen molar-refractivity contribution >= 4 is 15.7 Å². The zero-order valence-corrected chi connectivity index (χ0v) is 15.3. The van der Waals surface area contributed by atoms with Crippen LogP contribution in [0.4, 0.5) is 0 Å². The summed E-state index contributed by atoms with van der Waals surface area (Å²) in [6.45, 7) is 4.57. The Morgan fingerprint density at radius 2 is 2.17 bits per heavy atom. The van der Waals surface area contributed by atoms with E-state index < -0.39 is 9.84 Å². The smallest absolute Gasteiger partial charge is 0.255 e. The summed E-state index contributed by atoms with van der Waals surface area (Å²) in [6, 6.07) is 4.68. The number of nitrogens with one attached hydrogen (secondary N) is 2. The molecule has 1 aromatic rings. The van der Waals surface area contributed by atoms with Gasteiger partial charge in [-0.2, -0.15) is 0 Å². The first-order chi connectivity index (χ1) is 11.4. The van der Waals surface area contributed by atoms with Gasteiger partial charge in [0, 0.05) is 12.1 Å². The standard InChI is InChI=1S/C17H26N2O4S/c1-4-14(15-7-6-10-18-15)19-17(20)13-11-12(24(21,22)5-2)8-9-16(13)23-3/h8-9,11,14-15,18H,4-7,10H2,1-3H3,(H,19,20). The molecule has 0 bridgehead atoms. The Hall–Kier alpha value is -1.60. The highest BCUT2D eigenvalue weighted by atomic mass is 32.2. The van der Waals surface area contributed by atoms with E-state index in [2.05, 4.69) is 10.6 Å². The average molecular weight is 354 g/mol. The molecule has 0 radical (unpaired) electrons. The lowest BCUT2D eigenvalue weighted by Gasteiger charge is -2.24. The molecule has 1 aliphatic rings.